The highest BCUT2D eigenvalue weighted by molar-refractivity contribution is 6.33. The van der Waals surface area contributed by atoms with Crippen LogP contribution in [0.15, 0.2) is 48.5 Å². The van der Waals surface area contributed by atoms with Gasteiger partial charge in [0.15, 0.2) is 0 Å². The first-order chi connectivity index (χ1) is 8.22. The number of anilines is 3. The quantitative estimate of drug-likeness (QED) is 0.875. The Morgan fingerprint density at radius 3 is 2.53 bits per heavy atom. The first kappa shape index (κ1) is 11.8. The lowest BCUT2D eigenvalue weighted by Gasteiger charge is -2.21. The predicted octanol–water partition coefficient (Wildman–Crippen LogP) is 4.15. The molecule has 2 rings (SSSR count). The summed E-state index contributed by atoms with van der Waals surface area (Å²) in [5, 5.41) is 3.88. The number of para-hydroxylation sites is 1. The number of hydrogen-bond acceptors (Lipinski definition) is 2. The van der Waals surface area contributed by atoms with Gasteiger partial charge >= 0.3 is 0 Å². The Morgan fingerprint density at radius 2 is 1.82 bits per heavy atom. The van der Waals surface area contributed by atoms with Crippen molar-refractivity contribution in [2.24, 2.45) is 0 Å². The molecule has 0 spiro atoms. The number of benzene rings is 2. The molecule has 0 saturated heterocycles. The predicted molar refractivity (Wildman–Crippen MR) is 75.5 cm³/mol. The van der Waals surface area contributed by atoms with Gasteiger partial charge in [-0.15, -0.1) is 0 Å². The first-order valence-corrected chi connectivity index (χ1v) is 5.86. The van der Waals surface area contributed by atoms with Crippen LogP contribution in [0.2, 0.25) is 5.02 Å². The number of nitrogens with one attached hydrogen (secondary N) is 1. The lowest BCUT2D eigenvalue weighted by molar-refractivity contribution is 1.21. The van der Waals surface area contributed by atoms with E-state index in [9.17, 15) is 0 Å². The van der Waals surface area contributed by atoms with Gasteiger partial charge in [-0.3, -0.25) is 0 Å². The van der Waals surface area contributed by atoms with E-state index in [2.05, 4.69) is 22.3 Å². The minimum absolute atomic E-state index is 0.755. The van der Waals surface area contributed by atoms with Gasteiger partial charge in [0, 0.05) is 25.5 Å². The van der Waals surface area contributed by atoms with Gasteiger partial charge in [0.1, 0.15) is 0 Å². The summed E-state index contributed by atoms with van der Waals surface area (Å²) in [7, 11) is 3.92. The third-order valence-electron chi connectivity index (χ3n) is 2.74. The zero-order valence-corrected chi connectivity index (χ0v) is 10.7. The number of halogens is 1. The fourth-order valence-electron chi connectivity index (χ4n) is 1.73. The van der Waals surface area contributed by atoms with Crippen LogP contribution in [0, 0.1) is 0 Å². The molecule has 2 aromatic rings. The Bertz CT molecular complexity index is 511. The summed E-state index contributed by atoms with van der Waals surface area (Å²) < 4.78 is 0. The Hall–Kier alpha value is -1.67. The summed E-state index contributed by atoms with van der Waals surface area (Å²) in [6.45, 7) is 0. The Balaban J connectivity index is 2.37. The van der Waals surface area contributed by atoms with Crippen LogP contribution in [-0.2, 0) is 0 Å². The summed E-state index contributed by atoms with van der Waals surface area (Å²) in [5.41, 5.74) is 3.19. The molecule has 0 aliphatic heterocycles. The smallest absolute Gasteiger partial charge is 0.0642 e. The summed E-state index contributed by atoms with van der Waals surface area (Å²) in [6.07, 6.45) is 0. The van der Waals surface area contributed by atoms with Crippen LogP contribution in [0.1, 0.15) is 0 Å². The van der Waals surface area contributed by atoms with Gasteiger partial charge in [0.05, 0.1) is 10.7 Å². The summed E-state index contributed by atoms with van der Waals surface area (Å²) in [4.78, 5) is 2.07. The highest BCUT2D eigenvalue weighted by Crippen LogP contribution is 2.31. The molecule has 0 amide bonds. The van der Waals surface area contributed by atoms with Crippen molar-refractivity contribution in [2.75, 3.05) is 24.3 Å². The number of nitrogens with zero attached hydrogens (tertiary/aromatic N) is 1. The van der Waals surface area contributed by atoms with Gasteiger partial charge in [0.25, 0.3) is 0 Å². The maximum absolute atomic E-state index is 6.19. The van der Waals surface area contributed by atoms with Gasteiger partial charge in [-0.05, 0) is 30.3 Å². The zero-order valence-electron chi connectivity index (χ0n) is 9.94. The SMILES string of the molecule is CNc1cccc(N(C)c2ccccc2Cl)c1. The molecule has 17 heavy (non-hydrogen) atoms. The van der Waals surface area contributed by atoms with Crippen LogP contribution in [-0.4, -0.2) is 14.1 Å². The molecule has 0 aliphatic rings. The molecule has 0 fully saturated rings. The van der Waals surface area contributed by atoms with E-state index in [1.54, 1.807) is 0 Å². The minimum Gasteiger partial charge on any atom is -0.388 e. The lowest BCUT2D eigenvalue weighted by atomic mass is 10.2. The average molecular weight is 247 g/mol. The van der Waals surface area contributed by atoms with Crippen molar-refractivity contribution >= 4 is 28.7 Å². The molecule has 0 radical (unpaired) electrons. The normalized spacial score (nSPS) is 10.1. The van der Waals surface area contributed by atoms with Crippen LogP contribution in [0.3, 0.4) is 0 Å². The number of hydrogen-bond donors (Lipinski definition) is 1. The second-order valence-corrected chi connectivity index (χ2v) is 4.22. The van der Waals surface area contributed by atoms with Crippen LogP contribution in [0.5, 0.6) is 0 Å². The molecule has 0 unspecified atom stereocenters. The van der Waals surface area contributed by atoms with E-state index in [1.165, 1.54) is 0 Å². The first-order valence-electron chi connectivity index (χ1n) is 5.48. The molecule has 1 N–H and O–H groups in total. The van der Waals surface area contributed by atoms with E-state index in [4.69, 9.17) is 11.6 Å². The fourth-order valence-corrected chi connectivity index (χ4v) is 2.00. The summed E-state index contributed by atoms with van der Waals surface area (Å²) in [5.74, 6) is 0. The Kier molecular flexibility index (Phi) is 3.55. The van der Waals surface area contributed by atoms with Crippen molar-refractivity contribution in [3.8, 4) is 0 Å². The molecule has 88 valence electrons. The maximum atomic E-state index is 6.19. The fraction of sp³-hybridized carbons (Fsp3) is 0.143. The summed E-state index contributed by atoms with van der Waals surface area (Å²) in [6, 6.07) is 16.0. The second-order valence-electron chi connectivity index (χ2n) is 3.81. The highest BCUT2D eigenvalue weighted by atomic mass is 35.5. The average Bonchev–Trinajstić information content (AvgIpc) is 2.38. The van der Waals surface area contributed by atoms with Gasteiger partial charge in [0.2, 0.25) is 0 Å². The Morgan fingerprint density at radius 1 is 1.06 bits per heavy atom. The molecule has 0 atom stereocenters. The van der Waals surface area contributed by atoms with Gasteiger partial charge in [-0.2, -0.15) is 0 Å². The molecule has 2 nitrogen and oxygen atoms in total. The monoisotopic (exact) mass is 246 g/mol. The van der Waals surface area contributed by atoms with Crippen molar-refractivity contribution in [1.29, 1.82) is 0 Å². The second kappa shape index (κ2) is 5.11. The molecular formula is C14H15ClN2. The topological polar surface area (TPSA) is 15.3 Å². The van der Waals surface area contributed by atoms with E-state index < -0.39 is 0 Å². The van der Waals surface area contributed by atoms with Crippen LogP contribution in [0.25, 0.3) is 0 Å². The summed E-state index contributed by atoms with van der Waals surface area (Å²) >= 11 is 6.19. The highest BCUT2D eigenvalue weighted by Gasteiger charge is 2.07. The van der Waals surface area contributed by atoms with Gasteiger partial charge in [-0.1, -0.05) is 29.8 Å². The van der Waals surface area contributed by atoms with Crippen molar-refractivity contribution in [3.63, 3.8) is 0 Å². The van der Waals surface area contributed by atoms with E-state index in [1.807, 2.05) is 50.5 Å². The van der Waals surface area contributed by atoms with E-state index in [0.717, 1.165) is 22.1 Å². The molecule has 0 aromatic heterocycles. The van der Waals surface area contributed by atoms with Crippen LogP contribution >= 0.6 is 11.6 Å². The molecule has 0 heterocycles. The lowest BCUT2D eigenvalue weighted by Crippen LogP contribution is -2.10. The van der Waals surface area contributed by atoms with Crippen molar-refractivity contribution in [2.45, 2.75) is 0 Å². The molecular weight excluding hydrogens is 232 g/mol. The van der Waals surface area contributed by atoms with E-state index >= 15 is 0 Å². The van der Waals surface area contributed by atoms with Gasteiger partial charge < -0.3 is 10.2 Å². The largest absolute Gasteiger partial charge is 0.388 e. The van der Waals surface area contributed by atoms with Crippen molar-refractivity contribution in [1.82, 2.24) is 0 Å². The molecule has 3 heteroatoms. The zero-order chi connectivity index (χ0) is 12.3. The molecule has 0 saturated carbocycles. The Labute approximate surface area is 107 Å². The standard InChI is InChI=1S/C14H15ClN2/c1-16-11-6-5-7-12(10-11)17(2)14-9-4-3-8-13(14)15/h3-10,16H,1-2H3. The van der Waals surface area contributed by atoms with E-state index in [-0.39, 0.29) is 0 Å². The van der Waals surface area contributed by atoms with Crippen molar-refractivity contribution in [3.05, 3.63) is 53.6 Å². The van der Waals surface area contributed by atoms with Crippen LogP contribution < -0.4 is 10.2 Å². The number of rotatable bonds is 3. The van der Waals surface area contributed by atoms with Crippen LogP contribution in [0.4, 0.5) is 17.1 Å². The molecule has 0 bridgehead atoms. The maximum Gasteiger partial charge on any atom is 0.0642 e. The van der Waals surface area contributed by atoms with E-state index in [0.29, 0.717) is 0 Å². The minimum atomic E-state index is 0.755. The van der Waals surface area contributed by atoms with Gasteiger partial charge in [-0.25, -0.2) is 0 Å². The third kappa shape index (κ3) is 2.53. The molecule has 0 aliphatic carbocycles. The third-order valence-corrected chi connectivity index (χ3v) is 3.06. The molecule has 2 aromatic carbocycles. The van der Waals surface area contributed by atoms with Crippen molar-refractivity contribution < 1.29 is 0 Å².